The topological polar surface area (TPSA) is 118 Å². The first-order valence-electron chi connectivity index (χ1n) is 11.5. The Morgan fingerprint density at radius 2 is 1.87 bits per heavy atom. The van der Waals surface area contributed by atoms with E-state index in [-0.39, 0.29) is 0 Å². The number of carboxylic acid groups (broad SMARTS) is 1. The molecule has 13 heteroatoms. The predicted molar refractivity (Wildman–Crippen MR) is 133 cm³/mol. The summed E-state index contributed by atoms with van der Waals surface area (Å²) in [6, 6.07) is 12.2. The van der Waals surface area contributed by atoms with Crippen LogP contribution in [0.15, 0.2) is 73.7 Å². The summed E-state index contributed by atoms with van der Waals surface area (Å²) in [6.45, 7) is 3.99. The van der Waals surface area contributed by atoms with Crippen molar-refractivity contribution in [3.8, 4) is 11.3 Å². The van der Waals surface area contributed by atoms with Gasteiger partial charge in [0.15, 0.2) is 0 Å². The summed E-state index contributed by atoms with van der Waals surface area (Å²) < 4.78 is 39.2. The fourth-order valence-electron chi connectivity index (χ4n) is 3.61. The maximum Gasteiger partial charge on any atom is 0.490 e. The lowest BCUT2D eigenvalue weighted by Gasteiger charge is -2.28. The van der Waals surface area contributed by atoms with Gasteiger partial charge in [0.2, 0.25) is 5.95 Å². The summed E-state index contributed by atoms with van der Waals surface area (Å²) in [5, 5.41) is 10.4. The SMILES string of the molecule is O=C(O)C(F)(F)F.c1cc(Cn2ccnc2)cc(Nc2nccc(-c3cncc(N4CCOCC4)c3)n2)c1. The average molecular weight is 528 g/mol. The second-order valence-electron chi connectivity index (χ2n) is 8.16. The fourth-order valence-corrected chi connectivity index (χ4v) is 3.61. The second-order valence-corrected chi connectivity index (χ2v) is 8.16. The van der Waals surface area contributed by atoms with Crippen molar-refractivity contribution in [1.29, 1.82) is 0 Å². The highest BCUT2D eigenvalue weighted by Gasteiger charge is 2.38. The van der Waals surface area contributed by atoms with Crippen LogP contribution in [0.2, 0.25) is 0 Å². The standard InChI is InChI=1S/C23H23N7O.C2HF3O2/c1-2-18(16-29-7-6-24-17-29)12-20(3-1)27-23-26-5-4-22(28-23)19-13-21(15-25-14-19)30-8-10-31-11-9-30;3-2(4,5)1(6)7/h1-7,12-15,17H,8-11,16H2,(H,26,27,28);(H,6,7). The van der Waals surface area contributed by atoms with E-state index in [1.165, 1.54) is 5.56 Å². The van der Waals surface area contributed by atoms with Crippen LogP contribution < -0.4 is 10.2 Å². The molecule has 5 rings (SSSR count). The lowest BCUT2D eigenvalue weighted by Crippen LogP contribution is -2.36. The van der Waals surface area contributed by atoms with Crippen LogP contribution >= 0.6 is 0 Å². The molecule has 10 nitrogen and oxygen atoms in total. The second kappa shape index (κ2) is 12.1. The highest BCUT2D eigenvalue weighted by molar-refractivity contribution is 5.73. The molecule has 1 fully saturated rings. The Labute approximate surface area is 215 Å². The van der Waals surface area contributed by atoms with Gasteiger partial charge in [-0.05, 0) is 29.8 Å². The van der Waals surface area contributed by atoms with E-state index >= 15 is 0 Å². The van der Waals surface area contributed by atoms with Crippen LogP contribution in [0, 0.1) is 0 Å². The van der Waals surface area contributed by atoms with Crippen molar-refractivity contribution >= 4 is 23.3 Å². The molecule has 0 unspecified atom stereocenters. The number of nitrogens with zero attached hydrogens (tertiary/aromatic N) is 6. The zero-order chi connectivity index (χ0) is 27.0. The summed E-state index contributed by atoms with van der Waals surface area (Å²) in [4.78, 5) is 28.8. The number of nitrogens with one attached hydrogen (secondary N) is 1. The van der Waals surface area contributed by atoms with Crippen molar-refractivity contribution in [3.05, 3.63) is 79.3 Å². The number of hydrogen-bond acceptors (Lipinski definition) is 8. The molecule has 4 aromatic rings. The number of aromatic nitrogens is 5. The first-order chi connectivity index (χ1) is 18.3. The lowest BCUT2D eigenvalue weighted by atomic mass is 10.2. The van der Waals surface area contributed by atoms with Gasteiger partial charge in [-0.1, -0.05) is 12.1 Å². The summed E-state index contributed by atoms with van der Waals surface area (Å²) in [5.41, 5.74) is 4.98. The molecule has 198 valence electrons. The Balaban J connectivity index is 0.000000426. The number of hydrogen-bond donors (Lipinski definition) is 2. The Bertz CT molecular complexity index is 1340. The van der Waals surface area contributed by atoms with Crippen LogP contribution in [0.25, 0.3) is 11.3 Å². The van der Waals surface area contributed by atoms with Crippen LogP contribution in [0.5, 0.6) is 0 Å². The van der Waals surface area contributed by atoms with E-state index in [2.05, 4.69) is 43.4 Å². The number of carbonyl (C=O) groups is 1. The predicted octanol–water partition coefficient (Wildman–Crippen LogP) is 4.00. The number of anilines is 3. The number of halogens is 3. The van der Waals surface area contributed by atoms with E-state index in [0.717, 1.165) is 55.5 Å². The minimum Gasteiger partial charge on any atom is -0.475 e. The van der Waals surface area contributed by atoms with Gasteiger partial charge >= 0.3 is 12.1 Å². The summed E-state index contributed by atoms with van der Waals surface area (Å²) >= 11 is 0. The molecular formula is C25H24F3N7O3. The summed E-state index contributed by atoms with van der Waals surface area (Å²) in [6.07, 6.45) is 5.95. The number of carboxylic acids is 1. The molecular weight excluding hydrogens is 503 g/mol. The highest BCUT2D eigenvalue weighted by atomic mass is 19.4. The molecule has 0 atom stereocenters. The Kier molecular flexibility index (Phi) is 8.48. The van der Waals surface area contributed by atoms with Crippen LogP contribution in [0.3, 0.4) is 0 Å². The molecule has 38 heavy (non-hydrogen) atoms. The molecule has 0 bridgehead atoms. The fraction of sp³-hybridized carbons (Fsp3) is 0.240. The molecule has 1 saturated heterocycles. The van der Waals surface area contributed by atoms with Gasteiger partial charge in [0.25, 0.3) is 0 Å². The Hall–Kier alpha value is -4.52. The molecule has 1 aromatic carbocycles. The van der Waals surface area contributed by atoms with Crippen molar-refractivity contribution in [2.24, 2.45) is 0 Å². The summed E-state index contributed by atoms with van der Waals surface area (Å²) in [5.74, 6) is -2.21. The van der Waals surface area contributed by atoms with E-state index in [9.17, 15) is 13.2 Å². The number of pyridine rings is 1. The molecule has 0 saturated carbocycles. The van der Waals surface area contributed by atoms with E-state index in [0.29, 0.717) is 5.95 Å². The number of ether oxygens (including phenoxy) is 1. The van der Waals surface area contributed by atoms with Crippen LogP contribution in [0.1, 0.15) is 5.56 Å². The first kappa shape index (κ1) is 26.5. The smallest absolute Gasteiger partial charge is 0.475 e. The quantitative estimate of drug-likeness (QED) is 0.384. The average Bonchev–Trinajstić information content (AvgIpc) is 3.43. The van der Waals surface area contributed by atoms with Crippen LogP contribution in [-0.2, 0) is 16.1 Å². The van der Waals surface area contributed by atoms with Gasteiger partial charge < -0.3 is 24.6 Å². The van der Waals surface area contributed by atoms with Gasteiger partial charge in [-0.15, -0.1) is 0 Å². The molecule has 0 aliphatic carbocycles. The van der Waals surface area contributed by atoms with E-state index in [1.807, 2.05) is 47.7 Å². The normalized spacial score (nSPS) is 13.4. The number of rotatable bonds is 6. The lowest BCUT2D eigenvalue weighted by molar-refractivity contribution is -0.192. The monoisotopic (exact) mass is 527 g/mol. The van der Waals surface area contributed by atoms with Crippen molar-refractivity contribution in [2.75, 3.05) is 36.5 Å². The molecule has 3 aromatic heterocycles. The maximum absolute atomic E-state index is 10.6. The van der Waals surface area contributed by atoms with Crippen LogP contribution in [-0.4, -0.2) is 68.1 Å². The molecule has 1 aliphatic heterocycles. The van der Waals surface area contributed by atoms with Crippen molar-refractivity contribution in [3.63, 3.8) is 0 Å². The molecule has 0 spiro atoms. The van der Waals surface area contributed by atoms with E-state index in [4.69, 9.17) is 19.6 Å². The molecule has 4 heterocycles. The van der Waals surface area contributed by atoms with Crippen molar-refractivity contribution in [2.45, 2.75) is 12.7 Å². The third-order valence-corrected chi connectivity index (χ3v) is 5.40. The molecule has 0 amide bonds. The number of morpholine rings is 1. The van der Waals surface area contributed by atoms with Gasteiger partial charge in [-0.2, -0.15) is 13.2 Å². The first-order valence-corrected chi connectivity index (χ1v) is 11.5. The molecule has 1 aliphatic rings. The number of imidazole rings is 1. The van der Waals surface area contributed by atoms with Gasteiger partial charge in [0, 0.05) is 55.7 Å². The minimum atomic E-state index is -5.08. The van der Waals surface area contributed by atoms with Crippen molar-refractivity contribution in [1.82, 2.24) is 24.5 Å². The molecule has 0 radical (unpaired) electrons. The van der Waals surface area contributed by atoms with Crippen LogP contribution in [0.4, 0.5) is 30.5 Å². The highest BCUT2D eigenvalue weighted by Crippen LogP contribution is 2.24. The van der Waals surface area contributed by atoms with Gasteiger partial charge in [0.1, 0.15) is 0 Å². The third kappa shape index (κ3) is 7.49. The van der Waals surface area contributed by atoms with Gasteiger partial charge in [0.05, 0.1) is 37.1 Å². The summed E-state index contributed by atoms with van der Waals surface area (Å²) in [7, 11) is 0. The maximum atomic E-state index is 10.6. The largest absolute Gasteiger partial charge is 0.490 e. The van der Waals surface area contributed by atoms with Gasteiger partial charge in [-0.25, -0.2) is 19.7 Å². The van der Waals surface area contributed by atoms with Crippen molar-refractivity contribution < 1.29 is 27.8 Å². The minimum absolute atomic E-state index is 0.550. The van der Waals surface area contributed by atoms with E-state index < -0.39 is 12.1 Å². The molecule has 2 N–H and O–H groups in total. The Morgan fingerprint density at radius 3 is 2.58 bits per heavy atom. The third-order valence-electron chi connectivity index (χ3n) is 5.40. The number of alkyl halides is 3. The number of benzene rings is 1. The van der Waals surface area contributed by atoms with E-state index in [1.54, 1.807) is 12.4 Å². The zero-order valence-corrected chi connectivity index (χ0v) is 20.0. The Morgan fingerprint density at radius 1 is 1.08 bits per heavy atom. The zero-order valence-electron chi connectivity index (χ0n) is 20.0. The number of aliphatic carboxylic acids is 1. The van der Waals surface area contributed by atoms with Gasteiger partial charge in [-0.3, -0.25) is 4.98 Å².